The summed E-state index contributed by atoms with van der Waals surface area (Å²) in [7, 11) is 0. The molecule has 21 heavy (non-hydrogen) atoms. The standard InChI is InChI=1S/C14H17N3O3S/c1-2-19-14(18)11(15)8-21-9-12-16-13(20-17-12)10-6-4-3-5-7-10/h3-7,11H,2,8-9,15H2,1H3. The number of thioether (sulfide) groups is 1. The van der Waals surface area contributed by atoms with Crippen LogP contribution < -0.4 is 5.73 Å². The highest BCUT2D eigenvalue weighted by molar-refractivity contribution is 7.98. The first-order valence-electron chi connectivity index (χ1n) is 6.58. The molecule has 0 saturated heterocycles. The van der Waals surface area contributed by atoms with E-state index >= 15 is 0 Å². The second kappa shape index (κ2) is 7.80. The van der Waals surface area contributed by atoms with Crippen LogP contribution >= 0.6 is 11.8 Å². The number of nitrogens with two attached hydrogens (primary N) is 1. The van der Waals surface area contributed by atoms with Gasteiger partial charge in [0.1, 0.15) is 6.04 Å². The number of esters is 1. The Morgan fingerprint density at radius 3 is 2.90 bits per heavy atom. The fourth-order valence-electron chi connectivity index (χ4n) is 1.61. The molecule has 6 nitrogen and oxygen atoms in total. The predicted octanol–water partition coefficient (Wildman–Crippen LogP) is 1.86. The minimum atomic E-state index is -0.629. The van der Waals surface area contributed by atoms with E-state index < -0.39 is 6.04 Å². The van der Waals surface area contributed by atoms with Gasteiger partial charge in [-0.3, -0.25) is 4.79 Å². The summed E-state index contributed by atoms with van der Waals surface area (Å²) in [6.07, 6.45) is 0. The van der Waals surface area contributed by atoms with Crippen LogP contribution in [0.4, 0.5) is 0 Å². The lowest BCUT2D eigenvalue weighted by Crippen LogP contribution is -2.34. The molecule has 1 aromatic heterocycles. The summed E-state index contributed by atoms with van der Waals surface area (Å²) < 4.78 is 10.0. The maximum atomic E-state index is 11.4. The highest BCUT2D eigenvalue weighted by atomic mass is 32.2. The molecule has 0 saturated carbocycles. The Morgan fingerprint density at radius 2 is 2.19 bits per heavy atom. The summed E-state index contributed by atoms with van der Waals surface area (Å²) in [5.74, 6) is 1.66. The fourth-order valence-corrected chi connectivity index (χ4v) is 2.41. The molecule has 0 aliphatic heterocycles. The maximum absolute atomic E-state index is 11.4. The monoisotopic (exact) mass is 307 g/mol. The number of nitrogens with zero attached hydrogens (tertiary/aromatic N) is 2. The minimum Gasteiger partial charge on any atom is -0.465 e. The zero-order valence-electron chi connectivity index (χ0n) is 11.7. The van der Waals surface area contributed by atoms with Crippen molar-refractivity contribution in [3.8, 4) is 11.5 Å². The van der Waals surface area contributed by atoms with Crippen LogP contribution in [0.1, 0.15) is 12.7 Å². The van der Waals surface area contributed by atoms with Gasteiger partial charge in [0, 0.05) is 11.3 Å². The Labute approximate surface area is 127 Å². The fraction of sp³-hybridized carbons (Fsp3) is 0.357. The summed E-state index contributed by atoms with van der Waals surface area (Å²) >= 11 is 1.47. The number of hydrogen-bond donors (Lipinski definition) is 1. The molecule has 0 aliphatic carbocycles. The summed E-state index contributed by atoms with van der Waals surface area (Å²) in [4.78, 5) is 15.7. The normalized spacial score (nSPS) is 12.1. The van der Waals surface area contributed by atoms with Gasteiger partial charge in [0.15, 0.2) is 5.82 Å². The van der Waals surface area contributed by atoms with Crippen LogP contribution in [0.3, 0.4) is 0 Å². The average Bonchev–Trinajstić information content (AvgIpc) is 2.97. The molecule has 1 unspecified atom stereocenters. The summed E-state index contributed by atoms with van der Waals surface area (Å²) in [5, 5.41) is 3.91. The van der Waals surface area contributed by atoms with Gasteiger partial charge in [0.2, 0.25) is 0 Å². The second-order valence-corrected chi connectivity index (χ2v) is 5.29. The highest BCUT2D eigenvalue weighted by Crippen LogP contribution is 2.18. The summed E-state index contributed by atoms with van der Waals surface area (Å²) in [5.41, 5.74) is 6.58. The average molecular weight is 307 g/mol. The van der Waals surface area contributed by atoms with E-state index in [0.29, 0.717) is 29.8 Å². The molecule has 1 aromatic carbocycles. The van der Waals surface area contributed by atoms with E-state index in [-0.39, 0.29) is 5.97 Å². The van der Waals surface area contributed by atoms with Gasteiger partial charge < -0.3 is 15.0 Å². The lowest BCUT2D eigenvalue weighted by molar-refractivity contribution is -0.144. The van der Waals surface area contributed by atoms with Crippen LogP contribution in [0.5, 0.6) is 0 Å². The van der Waals surface area contributed by atoms with Crippen LogP contribution in [0.2, 0.25) is 0 Å². The van der Waals surface area contributed by atoms with Crippen molar-refractivity contribution in [3.63, 3.8) is 0 Å². The van der Waals surface area contributed by atoms with Crippen molar-refractivity contribution < 1.29 is 14.1 Å². The molecule has 2 rings (SSSR count). The van der Waals surface area contributed by atoms with Gasteiger partial charge in [0.25, 0.3) is 5.89 Å². The third-order valence-corrected chi connectivity index (χ3v) is 3.66. The predicted molar refractivity (Wildman–Crippen MR) is 80.5 cm³/mol. The molecular formula is C14H17N3O3S. The number of ether oxygens (including phenoxy) is 1. The van der Waals surface area contributed by atoms with E-state index in [2.05, 4.69) is 10.1 Å². The minimum absolute atomic E-state index is 0.336. The van der Waals surface area contributed by atoms with Crippen LogP contribution in [-0.2, 0) is 15.3 Å². The number of benzene rings is 1. The maximum Gasteiger partial charge on any atom is 0.323 e. The van der Waals surface area contributed by atoms with Gasteiger partial charge in [-0.1, -0.05) is 23.4 Å². The van der Waals surface area contributed by atoms with Gasteiger partial charge in [-0.05, 0) is 19.1 Å². The van der Waals surface area contributed by atoms with Crippen LogP contribution in [0.25, 0.3) is 11.5 Å². The largest absolute Gasteiger partial charge is 0.465 e. The number of aromatic nitrogens is 2. The molecule has 1 heterocycles. The first-order valence-corrected chi connectivity index (χ1v) is 7.74. The molecular weight excluding hydrogens is 290 g/mol. The lowest BCUT2D eigenvalue weighted by Gasteiger charge is -2.08. The molecule has 112 valence electrons. The van der Waals surface area contributed by atoms with Crippen molar-refractivity contribution in [1.82, 2.24) is 10.1 Å². The molecule has 0 bridgehead atoms. The Hall–Kier alpha value is -1.86. The molecule has 0 aliphatic rings. The SMILES string of the molecule is CCOC(=O)C(N)CSCc1noc(-c2ccccc2)n1. The van der Waals surface area contributed by atoms with Crippen molar-refractivity contribution in [2.45, 2.75) is 18.7 Å². The van der Waals surface area contributed by atoms with E-state index in [1.165, 1.54) is 11.8 Å². The van der Waals surface area contributed by atoms with Gasteiger partial charge in [-0.2, -0.15) is 16.7 Å². The molecule has 0 spiro atoms. The molecule has 0 radical (unpaired) electrons. The Morgan fingerprint density at radius 1 is 1.43 bits per heavy atom. The summed E-state index contributed by atoms with van der Waals surface area (Å²) in [6, 6.07) is 8.92. The second-order valence-electron chi connectivity index (χ2n) is 4.26. The van der Waals surface area contributed by atoms with Crippen LogP contribution in [0.15, 0.2) is 34.9 Å². The van der Waals surface area contributed by atoms with Crippen molar-refractivity contribution in [2.24, 2.45) is 5.73 Å². The van der Waals surface area contributed by atoms with E-state index in [0.717, 1.165) is 5.56 Å². The van der Waals surface area contributed by atoms with Gasteiger partial charge >= 0.3 is 5.97 Å². The van der Waals surface area contributed by atoms with Crippen molar-refractivity contribution in [1.29, 1.82) is 0 Å². The zero-order valence-corrected chi connectivity index (χ0v) is 12.5. The molecule has 0 fully saturated rings. The Balaban J connectivity index is 1.82. The third kappa shape index (κ3) is 4.57. The molecule has 2 aromatic rings. The van der Waals surface area contributed by atoms with E-state index in [4.69, 9.17) is 15.0 Å². The zero-order chi connectivity index (χ0) is 15.1. The third-order valence-electron chi connectivity index (χ3n) is 2.61. The first-order chi connectivity index (χ1) is 10.2. The van der Waals surface area contributed by atoms with Gasteiger partial charge in [-0.25, -0.2) is 0 Å². The number of rotatable bonds is 7. The first kappa shape index (κ1) is 15.5. The molecule has 0 amide bonds. The van der Waals surface area contributed by atoms with Crippen LogP contribution in [0, 0.1) is 0 Å². The van der Waals surface area contributed by atoms with E-state index in [1.54, 1.807) is 6.92 Å². The number of hydrogen-bond acceptors (Lipinski definition) is 7. The van der Waals surface area contributed by atoms with Crippen molar-refractivity contribution in [2.75, 3.05) is 12.4 Å². The van der Waals surface area contributed by atoms with E-state index in [1.807, 2.05) is 30.3 Å². The summed E-state index contributed by atoms with van der Waals surface area (Å²) in [6.45, 7) is 2.09. The Bertz CT molecular complexity index is 574. The quantitative estimate of drug-likeness (QED) is 0.780. The molecule has 1 atom stereocenters. The highest BCUT2D eigenvalue weighted by Gasteiger charge is 2.15. The number of carbonyl (C=O) groups excluding carboxylic acids is 1. The Kier molecular flexibility index (Phi) is 5.77. The smallest absolute Gasteiger partial charge is 0.323 e. The van der Waals surface area contributed by atoms with Crippen LogP contribution in [-0.4, -0.2) is 34.5 Å². The topological polar surface area (TPSA) is 91.2 Å². The van der Waals surface area contributed by atoms with Crippen molar-refractivity contribution >= 4 is 17.7 Å². The lowest BCUT2D eigenvalue weighted by atomic mass is 10.2. The number of carbonyl (C=O) groups is 1. The molecule has 2 N–H and O–H groups in total. The molecule has 7 heteroatoms. The van der Waals surface area contributed by atoms with Gasteiger partial charge in [-0.15, -0.1) is 0 Å². The van der Waals surface area contributed by atoms with E-state index in [9.17, 15) is 4.79 Å². The van der Waals surface area contributed by atoms with Crippen molar-refractivity contribution in [3.05, 3.63) is 36.2 Å². The van der Waals surface area contributed by atoms with Gasteiger partial charge in [0.05, 0.1) is 12.4 Å².